The summed E-state index contributed by atoms with van der Waals surface area (Å²) in [6, 6.07) is 10.1. The van der Waals surface area contributed by atoms with Gasteiger partial charge in [-0.2, -0.15) is 0 Å². The van der Waals surface area contributed by atoms with Crippen LogP contribution in [0.5, 0.6) is 0 Å². The van der Waals surface area contributed by atoms with E-state index in [0.29, 0.717) is 6.42 Å². The summed E-state index contributed by atoms with van der Waals surface area (Å²) >= 11 is 1.75. The highest BCUT2D eigenvalue weighted by Gasteiger charge is 2.45. The van der Waals surface area contributed by atoms with Crippen LogP contribution in [-0.2, 0) is 9.59 Å². The minimum atomic E-state index is -0.306. The molecule has 1 N–H and O–H groups in total. The van der Waals surface area contributed by atoms with Crippen LogP contribution in [0, 0.1) is 0 Å². The maximum atomic E-state index is 12.1. The molecule has 1 aromatic rings. The van der Waals surface area contributed by atoms with Gasteiger partial charge in [0, 0.05) is 23.2 Å². The number of benzene rings is 1. The van der Waals surface area contributed by atoms with Gasteiger partial charge in [-0.25, -0.2) is 0 Å². The van der Waals surface area contributed by atoms with Gasteiger partial charge in [0.15, 0.2) is 0 Å². The Kier molecular flexibility index (Phi) is 4.08. The Labute approximate surface area is 122 Å². The number of nitrogens with one attached hydrogen (secondary N) is 1. The Bertz CT molecular complexity index is 502. The van der Waals surface area contributed by atoms with E-state index >= 15 is 0 Å². The number of rotatable bonds is 6. The van der Waals surface area contributed by atoms with Crippen LogP contribution in [0.2, 0.25) is 0 Å². The van der Waals surface area contributed by atoms with Crippen LogP contribution in [0.25, 0.3) is 0 Å². The van der Waals surface area contributed by atoms with E-state index in [1.54, 1.807) is 11.8 Å². The molecule has 1 heterocycles. The van der Waals surface area contributed by atoms with Gasteiger partial charge in [0.1, 0.15) is 0 Å². The molecule has 20 heavy (non-hydrogen) atoms. The Morgan fingerprint density at radius 2 is 1.95 bits per heavy atom. The lowest BCUT2D eigenvalue weighted by Gasteiger charge is -2.14. The van der Waals surface area contributed by atoms with E-state index in [1.807, 2.05) is 18.2 Å². The minimum Gasteiger partial charge on any atom is -0.305 e. The van der Waals surface area contributed by atoms with Crippen molar-refractivity contribution in [1.82, 2.24) is 10.2 Å². The summed E-state index contributed by atoms with van der Waals surface area (Å²) in [5, 5.41) is 3.21. The van der Waals surface area contributed by atoms with E-state index in [1.165, 1.54) is 9.80 Å². The standard InChI is InChI=1S/C15H18N2O2S/c18-14-10-13(15(19)17(14)11-6-7-11)16-8-9-20-12-4-2-1-3-5-12/h1-5,11,13,16H,6-10H2. The molecule has 0 bridgehead atoms. The largest absolute Gasteiger partial charge is 0.305 e. The smallest absolute Gasteiger partial charge is 0.247 e. The predicted octanol–water partition coefficient (Wildman–Crippen LogP) is 1.66. The Morgan fingerprint density at radius 1 is 1.20 bits per heavy atom. The third kappa shape index (κ3) is 3.04. The maximum absolute atomic E-state index is 12.1. The van der Waals surface area contributed by atoms with Gasteiger partial charge < -0.3 is 5.32 Å². The highest BCUT2D eigenvalue weighted by atomic mass is 32.2. The SMILES string of the molecule is O=C1CC(NCCSc2ccccc2)C(=O)N1C1CC1. The average molecular weight is 290 g/mol. The monoisotopic (exact) mass is 290 g/mol. The van der Waals surface area contributed by atoms with E-state index in [4.69, 9.17) is 0 Å². The molecule has 2 aliphatic rings. The average Bonchev–Trinajstić information content (AvgIpc) is 3.24. The Balaban J connectivity index is 1.43. The van der Waals surface area contributed by atoms with Crippen molar-refractivity contribution in [3.63, 3.8) is 0 Å². The van der Waals surface area contributed by atoms with Crippen molar-refractivity contribution in [2.24, 2.45) is 0 Å². The van der Waals surface area contributed by atoms with Crippen molar-refractivity contribution in [1.29, 1.82) is 0 Å². The normalized spacial score (nSPS) is 22.6. The maximum Gasteiger partial charge on any atom is 0.247 e. The molecule has 2 amide bonds. The lowest BCUT2D eigenvalue weighted by molar-refractivity contribution is -0.139. The van der Waals surface area contributed by atoms with Gasteiger partial charge >= 0.3 is 0 Å². The van der Waals surface area contributed by atoms with Crippen molar-refractivity contribution < 1.29 is 9.59 Å². The van der Waals surface area contributed by atoms with E-state index in [9.17, 15) is 9.59 Å². The van der Waals surface area contributed by atoms with Crippen molar-refractivity contribution in [2.45, 2.75) is 36.2 Å². The molecule has 5 heteroatoms. The first-order valence-electron chi connectivity index (χ1n) is 7.03. The number of thioether (sulfide) groups is 1. The number of amides is 2. The second kappa shape index (κ2) is 5.97. The minimum absolute atomic E-state index is 0.00860. The number of nitrogens with zero attached hydrogens (tertiary/aromatic N) is 1. The molecule has 1 atom stereocenters. The first-order valence-corrected chi connectivity index (χ1v) is 8.01. The summed E-state index contributed by atoms with van der Waals surface area (Å²) in [4.78, 5) is 26.6. The summed E-state index contributed by atoms with van der Waals surface area (Å²) in [7, 11) is 0. The van der Waals surface area contributed by atoms with Gasteiger partial charge in [-0.3, -0.25) is 14.5 Å². The lowest BCUT2D eigenvalue weighted by Crippen LogP contribution is -2.40. The molecule has 106 valence electrons. The number of likely N-dealkylation sites (tertiary alicyclic amines) is 1. The zero-order chi connectivity index (χ0) is 13.9. The molecule has 2 fully saturated rings. The van der Waals surface area contributed by atoms with Crippen molar-refractivity contribution >= 4 is 23.6 Å². The van der Waals surface area contributed by atoms with Crippen LogP contribution >= 0.6 is 11.8 Å². The zero-order valence-electron chi connectivity index (χ0n) is 11.2. The quantitative estimate of drug-likeness (QED) is 0.492. The van der Waals surface area contributed by atoms with Gasteiger partial charge in [-0.1, -0.05) is 18.2 Å². The van der Waals surface area contributed by atoms with Crippen LogP contribution in [-0.4, -0.2) is 41.1 Å². The van der Waals surface area contributed by atoms with Crippen molar-refractivity contribution in [3.05, 3.63) is 30.3 Å². The van der Waals surface area contributed by atoms with Gasteiger partial charge in [0.2, 0.25) is 11.8 Å². The summed E-state index contributed by atoms with van der Waals surface area (Å²) in [6.45, 7) is 0.738. The Morgan fingerprint density at radius 3 is 2.65 bits per heavy atom. The first-order chi connectivity index (χ1) is 9.75. The molecule has 0 spiro atoms. The molecule has 1 saturated heterocycles. The summed E-state index contributed by atoms with van der Waals surface area (Å²) in [6.07, 6.45) is 2.29. The second-order valence-corrected chi connectivity index (χ2v) is 6.37. The summed E-state index contributed by atoms with van der Waals surface area (Å²) < 4.78 is 0. The van der Waals surface area contributed by atoms with Gasteiger partial charge in [-0.05, 0) is 25.0 Å². The molecule has 1 unspecified atom stereocenters. The van der Waals surface area contributed by atoms with Crippen molar-refractivity contribution in [3.8, 4) is 0 Å². The number of hydrogen-bond donors (Lipinski definition) is 1. The first kappa shape index (κ1) is 13.6. The molecule has 1 aliphatic heterocycles. The fourth-order valence-corrected chi connectivity index (χ4v) is 3.25. The number of carbonyl (C=O) groups is 2. The third-order valence-electron chi connectivity index (χ3n) is 3.60. The highest BCUT2D eigenvalue weighted by Crippen LogP contribution is 2.31. The van der Waals surface area contributed by atoms with Crippen LogP contribution in [0.4, 0.5) is 0 Å². The van der Waals surface area contributed by atoms with Gasteiger partial charge in [-0.15, -0.1) is 11.8 Å². The second-order valence-electron chi connectivity index (χ2n) is 5.21. The highest BCUT2D eigenvalue weighted by molar-refractivity contribution is 7.99. The fraction of sp³-hybridized carbons (Fsp3) is 0.467. The Hall–Kier alpha value is -1.33. The predicted molar refractivity (Wildman–Crippen MR) is 78.4 cm³/mol. The van der Waals surface area contributed by atoms with Crippen molar-refractivity contribution in [2.75, 3.05) is 12.3 Å². The third-order valence-corrected chi connectivity index (χ3v) is 4.61. The van der Waals surface area contributed by atoms with Crippen LogP contribution in [0.15, 0.2) is 35.2 Å². The van der Waals surface area contributed by atoms with E-state index in [0.717, 1.165) is 25.1 Å². The molecule has 1 aromatic carbocycles. The van der Waals surface area contributed by atoms with Crippen LogP contribution in [0.3, 0.4) is 0 Å². The van der Waals surface area contributed by atoms with Gasteiger partial charge in [0.25, 0.3) is 0 Å². The molecule has 0 aromatic heterocycles. The van der Waals surface area contributed by atoms with Crippen LogP contribution < -0.4 is 5.32 Å². The van der Waals surface area contributed by atoms with E-state index in [2.05, 4.69) is 17.4 Å². The lowest BCUT2D eigenvalue weighted by atomic mass is 10.2. The topological polar surface area (TPSA) is 49.4 Å². The molecule has 1 saturated carbocycles. The van der Waals surface area contributed by atoms with Crippen LogP contribution in [0.1, 0.15) is 19.3 Å². The summed E-state index contributed by atoms with van der Waals surface area (Å²) in [5.74, 6) is 0.860. The fourth-order valence-electron chi connectivity index (χ4n) is 2.45. The molecular formula is C15H18N2O2S. The summed E-state index contributed by atoms with van der Waals surface area (Å²) in [5.41, 5.74) is 0. The molecule has 0 radical (unpaired) electrons. The number of imide groups is 1. The van der Waals surface area contributed by atoms with E-state index in [-0.39, 0.29) is 23.9 Å². The van der Waals surface area contributed by atoms with E-state index < -0.39 is 0 Å². The number of hydrogen-bond acceptors (Lipinski definition) is 4. The molecule has 1 aliphatic carbocycles. The molecule has 3 rings (SSSR count). The van der Waals surface area contributed by atoms with Gasteiger partial charge in [0.05, 0.1) is 12.5 Å². The zero-order valence-corrected chi connectivity index (χ0v) is 12.1. The molecule has 4 nitrogen and oxygen atoms in total. The molecular weight excluding hydrogens is 272 g/mol. The number of carbonyl (C=O) groups excluding carboxylic acids is 2.